The van der Waals surface area contributed by atoms with Gasteiger partial charge in [0.2, 0.25) is 0 Å². The Morgan fingerprint density at radius 1 is 1.05 bits per heavy atom. The van der Waals surface area contributed by atoms with E-state index < -0.39 is 5.79 Å². The molecule has 0 saturated heterocycles. The number of carbonyl (C=O) groups is 1. The van der Waals surface area contributed by atoms with Gasteiger partial charge in [0, 0.05) is 12.8 Å². The molecule has 1 aliphatic heterocycles. The number of esters is 1. The van der Waals surface area contributed by atoms with Gasteiger partial charge in [-0.2, -0.15) is 0 Å². The normalized spacial score (nSPS) is 22.0. The Morgan fingerprint density at radius 3 is 2.53 bits per heavy atom. The average molecular weight is 256 g/mol. The molecule has 0 saturated carbocycles. The van der Waals surface area contributed by atoms with E-state index in [4.69, 9.17) is 9.47 Å². The van der Waals surface area contributed by atoms with Crippen LogP contribution in [0.5, 0.6) is 5.75 Å². The molecular formula is C16H16O3. The highest BCUT2D eigenvalue weighted by molar-refractivity contribution is 6.07. The average Bonchev–Trinajstić information content (AvgIpc) is 2.37. The van der Waals surface area contributed by atoms with Crippen LogP contribution in [0.4, 0.5) is 0 Å². The van der Waals surface area contributed by atoms with Crippen LogP contribution in [0.25, 0.3) is 10.8 Å². The molecule has 1 atom stereocenters. The SMILES string of the molecule is CC(C)C1(C)OC(=O)c2c(ccc3ccccc23)O1. The summed E-state index contributed by atoms with van der Waals surface area (Å²) in [4.78, 5) is 12.3. The highest BCUT2D eigenvalue weighted by atomic mass is 16.7. The number of rotatable bonds is 1. The Morgan fingerprint density at radius 2 is 1.79 bits per heavy atom. The van der Waals surface area contributed by atoms with Crippen LogP contribution in [0.15, 0.2) is 36.4 Å². The van der Waals surface area contributed by atoms with E-state index in [1.54, 1.807) is 6.92 Å². The number of fused-ring (bicyclic) bond motifs is 3. The molecule has 0 bridgehead atoms. The van der Waals surface area contributed by atoms with E-state index >= 15 is 0 Å². The highest BCUT2D eigenvalue weighted by Gasteiger charge is 2.41. The molecule has 0 radical (unpaired) electrons. The lowest BCUT2D eigenvalue weighted by Gasteiger charge is -2.37. The summed E-state index contributed by atoms with van der Waals surface area (Å²) in [6.45, 7) is 5.74. The molecule has 2 aromatic carbocycles. The van der Waals surface area contributed by atoms with E-state index in [2.05, 4.69) is 0 Å². The smallest absolute Gasteiger partial charge is 0.345 e. The Balaban J connectivity index is 2.21. The van der Waals surface area contributed by atoms with Crippen LogP contribution in [-0.2, 0) is 4.74 Å². The van der Waals surface area contributed by atoms with Crippen LogP contribution in [0, 0.1) is 5.92 Å². The summed E-state index contributed by atoms with van der Waals surface area (Å²) in [6.07, 6.45) is 0. The zero-order valence-electron chi connectivity index (χ0n) is 11.3. The van der Waals surface area contributed by atoms with Gasteiger partial charge in [0.05, 0.1) is 0 Å². The quantitative estimate of drug-likeness (QED) is 0.729. The van der Waals surface area contributed by atoms with Crippen molar-refractivity contribution in [3.8, 4) is 5.75 Å². The molecule has 3 heteroatoms. The molecule has 2 aromatic rings. The second-order valence-corrected chi connectivity index (χ2v) is 5.32. The molecule has 1 heterocycles. The molecular weight excluding hydrogens is 240 g/mol. The first kappa shape index (κ1) is 12.0. The molecule has 1 aliphatic rings. The summed E-state index contributed by atoms with van der Waals surface area (Å²) in [7, 11) is 0. The molecule has 0 aliphatic carbocycles. The summed E-state index contributed by atoms with van der Waals surface area (Å²) in [5, 5.41) is 1.88. The minimum absolute atomic E-state index is 0.0797. The van der Waals surface area contributed by atoms with Crippen molar-refractivity contribution >= 4 is 16.7 Å². The maximum absolute atomic E-state index is 12.3. The van der Waals surface area contributed by atoms with Crippen LogP contribution in [0.1, 0.15) is 31.1 Å². The Kier molecular flexibility index (Phi) is 2.52. The van der Waals surface area contributed by atoms with Gasteiger partial charge in [-0.3, -0.25) is 0 Å². The first-order valence-corrected chi connectivity index (χ1v) is 6.45. The van der Waals surface area contributed by atoms with E-state index in [1.165, 1.54) is 0 Å². The van der Waals surface area contributed by atoms with E-state index in [-0.39, 0.29) is 11.9 Å². The fourth-order valence-electron chi connectivity index (χ4n) is 2.26. The van der Waals surface area contributed by atoms with Gasteiger partial charge < -0.3 is 9.47 Å². The Bertz CT molecular complexity index is 660. The first-order valence-electron chi connectivity index (χ1n) is 6.45. The molecule has 0 aromatic heterocycles. The number of carbonyl (C=O) groups excluding carboxylic acids is 1. The number of benzene rings is 2. The van der Waals surface area contributed by atoms with Crippen LogP contribution >= 0.6 is 0 Å². The zero-order valence-corrected chi connectivity index (χ0v) is 11.3. The predicted molar refractivity (Wildman–Crippen MR) is 73.2 cm³/mol. The fraction of sp³-hybridized carbons (Fsp3) is 0.312. The minimum Gasteiger partial charge on any atom is -0.451 e. The molecule has 0 spiro atoms. The van der Waals surface area contributed by atoms with Gasteiger partial charge in [0.15, 0.2) is 0 Å². The summed E-state index contributed by atoms with van der Waals surface area (Å²) < 4.78 is 11.4. The van der Waals surface area contributed by atoms with Gasteiger partial charge >= 0.3 is 5.97 Å². The lowest BCUT2D eigenvalue weighted by Crippen LogP contribution is -2.46. The predicted octanol–water partition coefficient (Wildman–Crippen LogP) is 3.76. The number of hydrogen-bond donors (Lipinski definition) is 0. The summed E-state index contributed by atoms with van der Waals surface area (Å²) in [5.74, 6) is -0.525. The lowest BCUT2D eigenvalue weighted by molar-refractivity contribution is -0.168. The maximum atomic E-state index is 12.3. The van der Waals surface area contributed by atoms with Crippen LogP contribution < -0.4 is 4.74 Å². The van der Waals surface area contributed by atoms with Crippen molar-refractivity contribution in [2.75, 3.05) is 0 Å². The van der Waals surface area contributed by atoms with Crippen molar-refractivity contribution in [2.45, 2.75) is 26.6 Å². The van der Waals surface area contributed by atoms with Crippen molar-refractivity contribution in [1.82, 2.24) is 0 Å². The maximum Gasteiger partial charge on any atom is 0.345 e. The van der Waals surface area contributed by atoms with Gasteiger partial charge in [0.25, 0.3) is 5.79 Å². The van der Waals surface area contributed by atoms with E-state index in [0.29, 0.717) is 11.3 Å². The van der Waals surface area contributed by atoms with Crippen LogP contribution in [0.2, 0.25) is 0 Å². The monoisotopic (exact) mass is 256 g/mol. The van der Waals surface area contributed by atoms with Crippen molar-refractivity contribution in [2.24, 2.45) is 5.92 Å². The summed E-state index contributed by atoms with van der Waals surface area (Å²) >= 11 is 0. The van der Waals surface area contributed by atoms with Crippen molar-refractivity contribution in [3.63, 3.8) is 0 Å². The van der Waals surface area contributed by atoms with Gasteiger partial charge in [0.1, 0.15) is 11.3 Å². The van der Waals surface area contributed by atoms with Crippen molar-refractivity contribution in [1.29, 1.82) is 0 Å². The van der Waals surface area contributed by atoms with Gasteiger partial charge in [-0.15, -0.1) is 0 Å². The third-order valence-corrected chi connectivity index (χ3v) is 3.75. The second kappa shape index (κ2) is 3.98. The van der Waals surface area contributed by atoms with E-state index in [0.717, 1.165) is 10.8 Å². The first-order chi connectivity index (χ1) is 9.01. The van der Waals surface area contributed by atoms with Crippen LogP contribution in [0.3, 0.4) is 0 Å². The zero-order chi connectivity index (χ0) is 13.6. The minimum atomic E-state index is -0.896. The van der Waals surface area contributed by atoms with E-state index in [9.17, 15) is 4.79 Å². The van der Waals surface area contributed by atoms with Gasteiger partial charge in [-0.25, -0.2) is 4.79 Å². The Hall–Kier alpha value is -2.03. The molecule has 98 valence electrons. The molecule has 0 fully saturated rings. The Labute approximate surface area is 112 Å². The molecule has 3 rings (SSSR count). The van der Waals surface area contributed by atoms with E-state index in [1.807, 2.05) is 50.2 Å². The number of cyclic esters (lactones) is 1. The van der Waals surface area contributed by atoms with Crippen molar-refractivity contribution in [3.05, 3.63) is 42.0 Å². The molecule has 0 N–H and O–H groups in total. The molecule has 3 nitrogen and oxygen atoms in total. The standard InChI is InChI=1S/C16H16O3/c1-10(2)16(3)18-13-9-8-11-6-4-5-7-12(11)14(13)15(17)19-16/h4-10H,1-3H3. The fourth-order valence-corrected chi connectivity index (χ4v) is 2.26. The second-order valence-electron chi connectivity index (χ2n) is 5.32. The lowest BCUT2D eigenvalue weighted by atomic mass is 9.99. The van der Waals surface area contributed by atoms with Crippen LogP contribution in [-0.4, -0.2) is 11.8 Å². The highest BCUT2D eigenvalue weighted by Crippen LogP contribution is 2.38. The van der Waals surface area contributed by atoms with Gasteiger partial charge in [-0.05, 0) is 16.8 Å². The van der Waals surface area contributed by atoms with Gasteiger partial charge in [-0.1, -0.05) is 44.2 Å². The largest absolute Gasteiger partial charge is 0.451 e. The molecule has 19 heavy (non-hydrogen) atoms. The number of ether oxygens (including phenoxy) is 2. The third kappa shape index (κ3) is 1.77. The third-order valence-electron chi connectivity index (χ3n) is 3.75. The summed E-state index contributed by atoms with van der Waals surface area (Å²) in [6, 6.07) is 11.6. The topological polar surface area (TPSA) is 35.5 Å². The molecule has 1 unspecified atom stereocenters. The van der Waals surface area contributed by atoms with Crippen molar-refractivity contribution < 1.29 is 14.3 Å². The molecule has 0 amide bonds. The number of hydrogen-bond acceptors (Lipinski definition) is 3. The summed E-state index contributed by atoms with van der Waals surface area (Å²) in [5.41, 5.74) is 0.524.